The zero-order valence-electron chi connectivity index (χ0n) is 37.5. The van der Waals surface area contributed by atoms with Gasteiger partial charge in [0.25, 0.3) is 0 Å². The average Bonchev–Trinajstić information content (AvgIpc) is 3.76. The molecule has 0 aliphatic carbocycles. The molecule has 320 valence electrons. The van der Waals surface area contributed by atoms with Gasteiger partial charge in [0.1, 0.15) is 0 Å². The molecule has 0 spiro atoms. The van der Waals surface area contributed by atoms with Crippen LogP contribution >= 0.6 is 0 Å². The number of anilines is 3. The van der Waals surface area contributed by atoms with Crippen LogP contribution in [-0.4, -0.2) is 4.57 Å². The molecule has 0 bridgehead atoms. The lowest BCUT2D eigenvalue weighted by atomic mass is 9.88. The molecule has 0 saturated carbocycles. The van der Waals surface area contributed by atoms with Crippen LogP contribution < -0.4 is 4.90 Å². The zero-order valence-corrected chi connectivity index (χ0v) is 37.5. The van der Waals surface area contributed by atoms with E-state index in [9.17, 15) is 0 Å². The van der Waals surface area contributed by atoms with Gasteiger partial charge < -0.3 is 9.47 Å². The lowest BCUT2D eigenvalue weighted by Crippen LogP contribution is -2.11. The monoisotopic (exact) mass is 866 g/mol. The predicted molar refractivity (Wildman–Crippen MR) is 288 cm³/mol. The molecule has 0 saturated heterocycles. The summed E-state index contributed by atoms with van der Waals surface area (Å²) in [6.07, 6.45) is 0. The summed E-state index contributed by atoms with van der Waals surface area (Å²) in [6.45, 7) is 0. The Kier molecular flexibility index (Phi) is 10.6. The number of hydrogen-bond donors (Lipinski definition) is 0. The summed E-state index contributed by atoms with van der Waals surface area (Å²) in [5.41, 5.74) is 20.9. The minimum absolute atomic E-state index is 1.07. The van der Waals surface area contributed by atoms with E-state index in [2.05, 4.69) is 289 Å². The van der Waals surface area contributed by atoms with Gasteiger partial charge in [-0.3, -0.25) is 0 Å². The molecule has 0 aliphatic heterocycles. The van der Waals surface area contributed by atoms with Gasteiger partial charge in [0.2, 0.25) is 0 Å². The van der Waals surface area contributed by atoms with Crippen molar-refractivity contribution in [1.82, 2.24) is 4.57 Å². The van der Waals surface area contributed by atoms with Crippen LogP contribution in [0.3, 0.4) is 0 Å². The van der Waals surface area contributed by atoms with Gasteiger partial charge in [0.05, 0.1) is 16.7 Å². The topological polar surface area (TPSA) is 8.17 Å². The highest BCUT2D eigenvalue weighted by Gasteiger charge is 2.22. The fraction of sp³-hybridized carbons (Fsp3) is 0. The fourth-order valence-electron chi connectivity index (χ4n) is 10.0. The highest BCUT2D eigenvalue weighted by Crippen LogP contribution is 2.47. The molecule has 11 aromatic carbocycles. The molecule has 2 heteroatoms. The van der Waals surface area contributed by atoms with Crippen molar-refractivity contribution in [2.24, 2.45) is 0 Å². The molecule has 0 N–H and O–H groups in total. The summed E-state index contributed by atoms with van der Waals surface area (Å²) in [7, 11) is 0. The van der Waals surface area contributed by atoms with E-state index in [4.69, 9.17) is 0 Å². The van der Waals surface area contributed by atoms with Gasteiger partial charge in [-0.1, -0.05) is 206 Å². The number of hydrogen-bond acceptors (Lipinski definition) is 1. The standard InChI is InChI=1S/C66H46N2/c1-5-21-47(22-6-1)51-43-52(48-23-7-2-8-24-48)45-53(44-51)49-37-39-55(40-38-49)67(56-41-42-66-63(46-56)62-34-18-20-36-65(62)68(66)54-27-11-4-12-28-54)64-35-19-17-33-61(64)60-32-16-15-31-59(60)58-30-14-13-29-57(58)50-25-9-3-10-26-50/h1-46H. The third kappa shape index (κ3) is 7.54. The van der Waals surface area contributed by atoms with Crippen molar-refractivity contribution in [3.05, 3.63) is 279 Å². The van der Waals surface area contributed by atoms with Gasteiger partial charge in [0, 0.05) is 33.4 Å². The van der Waals surface area contributed by atoms with Gasteiger partial charge in [-0.25, -0.2) is 0 Å². The second-order valence-electron chi connectivity index (χ2n) is 17.3. The molecule has 0 atom stereocenters. The first kappa shape index (κ1) is 40.5. The fourth-order valence-corrected chi connectivity index (χ4v) is 10.0. The maximum absolute atomic E-state index is 2.45. The minimum Gasteiger partial charge on any atom is -0.310 e. The molecule has 1 heterocycles. The van der Waals surface area contributed by atoms with Crippen LogP contribution in [0.1, 0.15) is 0 Å². The lowest BCUT2D eigenvalue weighted by Gasteiger charge is -2.29. The summed E-state index contributed by atoms with van der Waals surface area (Å²) in [5, 5.41) is 2.41. The summed E-state index contributed by atoms with van der Waals surface area (Å²) in [4.78, 5) is 2.45. The van der Waals surface area contributed by atoms with E-state index in [1.807, 2.05) is 0 Å². The highest BCUT2D eigenvalue weighted by molar-refractivity contribution is 6.11. The average molecular weight is 867 g/mol. The number of aromatic nitrogens is 1. The first-order valence-electron chi connectivity index (χ1n) is 23.3. The predicted octanol–water partition coefficient (Wildman–Crippen LogP) is 18.3. The van der Waals surface area contributed by atoms with E-state index in [0.717, 1.165) is 33.9 Å². The Morgan fingerprint density at radius 2 is 0.647 bits per heavy atom. The maximum atomic E-state index is 2.45. The quantitative estimate of drug-likeness (QED) is 0.133. The largest absolute Gasteiger partial charge is 0.310 e. The minimum atomic E-state index is 1.07. The van der Waals surface area contributed by atoms with Crippen LogP contribution in [0.5, 0.6) is 0 Å². The smallest absolute Gasteiger partial charge is 0.0542 e. The van der Waals surface area contributed by atoms with E-state index < -0.39 is 0 Å². The van der Waals surface area contributed by atoms with Crippen LogP contribution in [0, 0.1) is 0 Å². The molecular weight excluding hydrogens is 821 g/mol. The summed E-state index contributed by atoms with van der Waals surface area (Å²) < 4.78 is 2.38. The number of nitrogens with zero attached hydrogens (tertiary/aromatic N) is 2. The van der Waals surface area contributed by atoms with Crippen molar-refractivity contribution in [3.63, 3.8) is 0 Å². The van der Waals surface area contributed by atoms with Gasteiger partial charge in [-0.15, -0.1) is 0 Å². The molecule has 1 aromatic heterocycles. The van der Waals surface area contributed by atoms with Crippen LogP contribution in [-0.2, 0) is 0 Å². The Hall–Kier alpha value is -8.98. The Labute approximate surface area is 397 Å². The molecule has 0 fully saturated rings. The van der Waals surface area contributed by atoms with Gasteiger partial charge >= 0.3 is 0 Å². The second kappa shape index (κ2) is 17.8. The van der Waals surface area contributed by atoms with Crippen molar-refractivity contribution in [3.8, 4) is 72.4 Å². The number of fused-ring (bicyclic) bond motifs is 3. The number of para-hydroxylation sites is 3. The van der Waals surface area contributed by atoms with Gasteiger partial charge in [0.15, 0.2) is 0 Å². The molecule has 68 heavy (non-hydrogen) atoms. The van der Waals surface area contributed by atoms with Crippen molar-refractivity contribution in [1.29, 1.82) is 0 Å². The van der Waals surface area contributed by atoms with Gasteiger partial charge in [-0.2, -0.15) is 0 Å². The molecular formula is C66H46N2. The van der Waals surface area contributed by atoms with Crippen LogP contribution in [0.25, 0.3) is 94.3 Å². The zero-order chi connectivity index (χ0) is 45.2. The van der Waals surface area contributed by atoms with E-state index >= 15 is 0 Å². The van der Waals surface area contributed by atoms with E-state index in [-0.39, 0.29) is 0 Å². The van der Waals surface area contributed by atoms with E-state index in [0.29, 0.717) is 0 Å². The van der Waals surface area contributed by atoms with Crippen LogP contribution in [0.15, 0.2) is 279 Å². The van der Waals surface area contributed by atoms with Crippen molar-refractivity contribution in [2.75, 3.05) is 4.90 Å². The molecule has 0 aliphatic rings. The van der Waals surface area contributed by atoms with Gasteiger partial charge in [-0.05, 0) is 134 Å². The van der Waals surface area contributed by atoms with Crippen molar-refractivity contribution >= 4 is 38.9 Å². The summed E-state index contributed by atoms with van der Waals surface area (Å²) >= 11 is 0. The van der Waals surface area contributed by atoms with Crippen LogP contribution in [0.4, 0.5) is 17.1 Å². The SMILES string of the molecule is c1ccc(-c2cc(-c3ccccc3)cc(-c3ccc(N(c4ccc5c(c4)c4ccccc4n5-c4ccccc4)c4ccccc4-c4ccccc4-c4ccccc4-c4ccccc4)cc3)c2)cc1. The third-order valence-corrected chi connectivity index (χ3v) is 13.2. The summed E-state index contributed by atoms with van der Waals surface area (Å²) in [5.74, 6) is 0. The normalized spacial score (nSPS) is 11.2. The molecule has 12 aromatic rings. The van der Waals surface area contributed by atoms with Crippen molar-refractivity contribution < 1.29 is 0 Å². The first-order valence-corrected chi connectivity index (χ1v) is 23.3. The highest BCUT2D eigenvalue weighted by atomic mass is 15.1. The molecule has 2 nitrogen and oxygen atoms in total. The Morgan fingerprint density at radius 1 is 0.235 bits per heavy atom. The Morgan fingerprint density at radius 3 is 1.25 bits per heavy atom. The Bertz CT molecular complexity index is 3650. The second-order valence-corrected chi connectivity index (χ2v) is 17.3. The number of benzene rings is 11. The maximum Gasteiger partial charge on any atom is 0.0542 e. The molecule has 12 rings (SSSR count). The van der Waals surface area contributed by atoms with Crippen LogP contribution in [0.2, 0.25) is 0 Å². The van der Waals surface area contributed by atoms with Crippen molar-refractivity contribution in [2.45, 2.75) is 0 Å². The lowest BCUT2D eigenvalue weighted by molar-refractivity contribution is 1.18. The molecule has 0 unspecified atom stereocenters. The molecule has 0 amide bonds. The van der Waals surface area contributed by atoms with E-state index in [1.54, 1.807) is 0 Å². The molecule has 0 radical (unpaired) electrons. The third-order valence-electron chi connectivity index (χ3n) is 13.2. The Balaban J connectivity index is 1.05. The van der Waals surface area contributed by atoms with E-state index in [1.165, 1.54) is 77.4 Å². The summed E-state index contributed by atoms with van der Waals surface area (Å²) in [6, 6.07) is 101. The number of rotatable bonds is 10. The first-order chi connectivity index (χ1) is 33.7.